The summed E-state index contributed by atoms with van der Waals surface area (Å²) in [5.74, 6) is 1.26. The van der Waals surface area contributed by atoms with Crippen molar-refractivity contribution in [2.45, 2.75) is 38.2 Å². The molecule has 0 saturated heterocycles. The minimum Gasteiger partial charge on any atom is -0.393 e. The highest BCUT2D eigenvalue weighted by Crippen LogP contribution is 2.42. The number of aliphatic hydroxyl groups is 1. The standard InChI is InChI=1S/C13H18N2O2S/c16-11-6-8-3-9(7-11)5-10(4-8)12(17)15-13-14-1-2-18-13/h1-2,8-11,16H,3-7H2,(H,14,15,17)/t8-,9+,10?,11?. The van der Waals surface area contributed by atoms with Crippen LogP contribution < -0.4 is 5.32 Å². The molecule has 18 heavy (non-hydrogen) atoms. The molecule has 0 aromatic carbocycles. The van der Waals surface area contributed by atoms with Crippen LogP contribution in [0.1, 0.15) is 32.1 Å². The summed E-state index contributed by atoms with van der Waals surface area (Å²) in [6, 6.07) is 0. The molecular weight excluding hydrogens is 248 g/mol. The lowest BCUT2D eigenvalue weighted by Crippen LogP contribution is -2.37. The Labute approximate surface area is 110 Å². The molecule has 3 rings (SSSR count). The zero-order valence-corrected chi connectivity index (χ0v) is 11.0. The molecule has 2 saturated carbocycles. The quantitative estimate of drug-likeness (QED) is 0.863. The maximum absolute atomic E-state index is 12.2. The third kappa shape index (κ3) is 2.57. The Balaban J connectivity index is 1.62. The fourth-order valence-electron chi connectivity index (χ4n) is 3.52. The molecule has 1 amide bonds. The molecule has 2 aliphatic rings. The van der Waals surface area contributed by atoms with Crippen LogP contribution in [0, 0.1) is 17.8 Å². The second-order valence-corrected chi connectivity index (χ2v) is 6.48. The summed E-state index contributed by atoms with van der Waals surface area (Å²) < 4.78 is 0. The first-order valence-corrected chi connectivity index (χ1v) is 7.47. The normalized spacial score (nSPS) is 35.2. The minimum absolute atomic E-state index is 0.102. The Morgan fingerprint density at radius 1 is 1.28 bits per heavy atom. The number of nitrogens with one attached hydrogen (secondary N) is 1. The molecule has 0 aliphatic heterocycles. The highest BCUT2D eigenvalue weighted by molar-refractivity contribution is 7.13. The first-order valence-electron chi connectivity index (χ1n) is 6.59. The van der Waals surface area contributed by atoms with Crippen LogP contribution in [-0.4, -0.2) is 22.1 Å². The van der Waals surface area contributed by atoms with Gasteiger partial charge in [0.05, 0.1) is 6.10 Å². The van der Waals surface area contributed by atoms with E-state index in [1.54, 1.807) is 6.20 Å². The SMILES string of the molecule is O=C(Nc1nccs1)C1C[C@H]2CC(O)C[C@@H](C1)C2. The predicted molar refractivity (Wildman–Crippen MR) is 70.3 cm³/mol. The summed E-state index contributed by atoms with van der Waals surface area (Å²) in [6.45, 7) is 0. The molecule has 4 atom stereocenters. The smallest absolute Gasteiger partial charge is 0.229 e. The molecular formula is C13H18N2O2S. The van der Waals surface area contributed by atoms with Crippen LogP contribution >= 0.6 is 11.3 Å². The summed E-state index contributed by atoms with van der Waals surface area (Å²) in [7, 11) is 0. The summed E-state index contributed by atoms with van der Waals surface area (Å²) in [5.41, 5.74) is 0. The van der Waals surface area contributed by atoms with E-state index in [0.29, 0.717) is 17.0 Å². The van der Waals surface area contributed by atoms with Gasteiger partial charge >= 0.3 is 0 Å². The molecule has 1 aromatic heterocycles. The van der Waals surface area contributed by atoms with E-state index in [9.17, 15) is 9.90 Å². The number of anilines is 1. The fraction of sp³-hybridized carbons (Fsp3) is 0.692. The number of fused-ring (bicyclic) bond motifs is 2. The van der Waals surface area contributed by atoms with E-state index in [2.05, 4.69) is 10.3 Å². The largest absolute Gasteiger partial charge is 0.393 e. The number of amides is 1. The minimum atomic E-state index is -0.142. The molecule has 2 bridgehead atoms. The van der Waals surface area contributed by atoms with E-state index in [4.69, 9.17) is 0 Å². The van der Waals surface area contributed by atoms with Gasteiger partial charge in [-0.1, -0.05) is 0 Å². The van der Waals surface area contributed by atoms with Gasteiger partial charge in [-0.25, -0.2) is 4.98 Å². The van der Waals surface area contributed by atoms with Crippen LogP contribution in [0.5, 0.6) is 0 Å². The average Bonchev–Trinajstić information content (AvgIpc) is 2.80. The van der Waals surface area contributed by atoms with Gasteiger partial charge < -0.3 is 10.4 Å². The van der Waals surface area contributed by atoms with Gasteiger partial charge in [-0.3, -0.25) is 4.79 Å². The number of hydrogen-bond acceptors (Lipinski definition) is 4. The Morgan fingerprint density at radius 3 is 2.61 bits per heavy atom. The van der Waals surface area contributed by atoms with Crippen LogP contribution in [-0.2, 0) is 4.79 Å². The topological polar surface area (TPSA) is 62.2 Å². The fourth-order valence-corrected chi connectivity index (χ4v) is 4.05. The van der Waals surface area contributed by atoms with E-state index < -0.39 is 0 Å². The molecule has 2 aliphatic carbocycles. The van der Waals surface area contributed by atoms with Crippen LogP contribution in [0.3, 0.4) is 0 Å². The highest BCUT2D eigenvalue weighted by atomic mass is 32.1. The third-order valence-electron chi connectivity index (χ3n) is 4.15. The van der Waals surface area contributed by atoms with Gasteiger partial charge in [0.25, 0.3) is 0 Å². The maximum atomic E-state index is 12.2. The first-order chi connectivity index (χ1) is 8.70. The number of carbonyl (C=O) groups is 1. The number of nitrogens with zero attached hydrogens (tertiary/aromatic N) is 1. The molecule has 0 radical (unpaired) electrons. The van der Waals surface area contributed by atoms with Crippen molar-refractivity contribution < 1.29 is 9.90 Å². The number of rotatable bonds is 2. The van der Waals surface area contributed by atoms with E-state index in [1.165, 1.54) is 17.8 Å². The lowest BCUT2D eigenvalue weighted by Gasteiger charge is -2.40. The van der Waals surface area contributed by atoms with Crippen molar-refractivity contribution in [1.29, 1.82) is 0 Å². The molecule has 4 nitrogen and oxygen atoms in total. The molecule has 2 N–H and O–H groups in total. The zero-order chi connectivity index (χ0) is 12.5. The third-order valence-corrected chi connectivity index (χ3v) is 4.83. The van der Waals surface area contributed by atoms with Crippen molar-refractivity contribution in [2.75, 3.05) is 5.32 Å². The molecule has 0 spiro atoms. The van der Waals surface area contributed by atoms with E-state index in [0.717, 1.165) is 25.7 Å². The number of aromatic nitrogens is 1. The Kier molecular flexibility index (Phi) is 3.35. The molecule has 5 heteroatoms. The molecule has 1 aromatic rings. The van der Waals surface area contributed by atoms with Gasteiger partial charge in [0.1, 0.15) is 0 Å². The van der Waals surface area contributed by atoms with Crippen LogP contribution in [0.4, 0.5) is 5.13 Å². The van der Waals surface area contributed by atoms with E-state index in [-0.39, 0.29) is 17.9 Å². The number of thiazole rings is 1. The van der Waals surface area contributed by atoms with Crippen molar-refractivity contribution in [1.82, 2.24) is 4.98 Å². The molecule has 98 valence electrons. The van der Waals surface area contributed by atoms with Gasteiger partial charge in [-0.2, -0.15) is 0 Å². The average molecular weight is 266 g/mol. The maximum Gasteiger partial charge on any atom is 0.229 e. The van der Waals surface area contributed by atoms with Crippen LogP contribution in [0.25, 0.3) is 0 Å². The van der Waals surface area contributed by atoms with Crippen LogP contribution in [0.2, 0.25) is 0 Å². The van der Waals surface area contributed by atoms with Gasteiger partial charge in [-0.15, -0.1) is 11.3 Å². The Morgan fingerprint density at radius 2 is 2.00 bits per heavy atom. The van der Waals surface area contributed by atoms with E-state index >= 15 is 0 Å². The Bertz CT molecular complexity index is 403. The lowest BCUT2D eigenvalue weighted by molar-refractivity contribution is -0.123. The monoisotopic (exact) mass is 266 g/mol. The van der Waals surface area contributed by atoms with E-state index in [1.807, 2.05) is 5.38 Å². The van der Waals surface area contributed by atoms with Gasteiger partial charge in [0.15, 0.2) is 5.13 Å². The second kappa shape index (κ2) is 4.97. The summed E-state index contributed by atoms with van der Waals surface area (Å²) >= 11 is 1.45. The van der Waals surface area contributed by atoms with Crippen molar-refractivity contribution in [3.63, 3.8) is 0 Å². The summed E-state index contributed by atoms with van der Waals surface area (Å²) in [5, 5.41) is 15.2. The first kappa shape index (κ1) is 12.1. The zero-order valence-electron chi connectivity index (χ0n) is 10.2. The highest BCUT2D eigenvalue weighted by Gasteiger charge is 2.38. The second-order valence-electron chi connectivity index (χ2n) is 5.59. The predicted octanol–water partition coefficient (Wildman–Crippen LogP) is 2.27. The molecule has 2 unspecified atom stereocenters. The number of aliphatic hydroxyl groups excluding tert-OH is 1. The molecule has 1 heterocycles. The Hall–Kier alpha value is -0.940. The van der Waals surface area contributed by atoms with Gasteiger partial charge in [0.2, 0.25) is 5.91 Å². The van der Waals surface area contributed by atoms with Crippen molar-refractivity contribution in [3.05, 3.63) is 11.6 Å². The molecule has 2 fully saturated rings. The number of hydrogen-bond donors (Lipinski definition) is 2. The summed E-state index contributed by atoms with van der Waals surface area (Å²) in [6.07, 6.45) is 6.34. The van der Waals surface area contributed by atoms with Crippen molar-refractivity contribution in [3.8, 4) is 0 Å². The van der Waals surface area contributed by atoms with Crippen LogP contribution in [0.15, 0.2) is 11.6 Å². The van der Waals surface area contributed by atoms with Gasteiger partial charge in [-0.05, 0) is 43.9 Å². The van der Waals surface area contributed by atoms with Crippen molar-refractivity contribution in [2.24, 2.45) is 17.8 Å². The number of carbonyl (C=O) groups excluding carboxylic acids is 1. The lowest BCUT2D eigenvalue weighted by atomic mass is 9.67. The van der Waals surface area contributed by atoms with Gasteiger partial charge in [0, 0.05) is 17.5 Å². The van der Waals surface area contributed by atoms with Crippen molar-refractivity contribution >= 4 is 22.4 Å². The summed E-state index contributed by atoms with van der Waals surface area (Å²) in [4.78, 5) is 16.3.